The highest BCUT2D eigenvalue weighted by Gasteiger charge is 2.25. The van der Waals surface area contributed by atoms with Crippen LogP contribution < -0.4 is 0 Å². The monoisotopic (exact) mass is 313 g/mol. The first kappa shape index (κ1) is 15.7. The van der Waals surface area contributed by atoms with Gasteiger partial charge in [-0.05, 0) is 37.0 Å². The lowest BCUT2D eigenvalue weighted by atomic mass is 10.0. The quantitative estimate of drug-likeness (QED) is 0.908. The molecule has 1 amide bonds. The van der Waals surface area contributed by atoms with Crippen molar-refractivity contribution >= 4 is 29.3 Å². The summed E-state index contributed by atoms with van der Waals surface area (Å²) in [5.74, 6) is 1.38. The molecule has 5 heteroatoms. The van der Waals surface area contributed by atoms with Crippen LogP contribution in [0.3, 0.4) is 0 Å². The lowest BCUT2D eigenvalue weighted by Gasteiger charge is -2.34. The van der Waals surface area contributed by atoms with E-state index in [1.54, 1.807) is 11.8 Å². The van der Waals surface area contributed by atoms with Gasteiger partial charge in [0, 0.05) is 17.3 Å². The van der Waals surface area contributed by atoms with Gasteiger partial charge in [-0.2, -0.15) is 0 Å². The number of thioether (sulfide) groups is 1. The molecule has 1 aliphatic rings. The maximum Gasteiger partial charge on any atom is 0.232 e. The van der Waals surface area contributed by atoms with Crippen molar-refractivity contribution in [2.24, 2.45) is 0 Å². The van der Waals surface area contributed by atoms with E-state index in [2.05, 4.69) is 0 Å². The first-order valence-corrected chi connectivity index (χ1v) is 8.46. The van der Waals surface area contributed by atoms with Crippen molar-refractivity contribution in [3.8, 4) is 0 Å². The van der Waals surface area contributed by atoms with Gasteiger partial charge in [-0.25, -0.2) is 0 Å². The summed E-state index contributed by atoms with van der Waals surface area (Å²) in [5.41, 5.74) is 1.13. The molecule has 1 unspecified atom stereocenters. The van der Waals surface area contributed by atoms with Crippen LogP contribution in [0.5, 0.6) is 0 Å². The summed E-state index contributed by atoms with van der Waals surface area (Å²) in [5, 5.41) is 10.1. The summed E-state index contributed by atoms with van der Waals surface area (Å²) in [6, 6.07) is 7.73. The van der Waals surface area contributed by atoms with Crippen molar-refractivity contribution in [3.05, 3.63) is 34.9 Å². The van der Waals surface area contributed by atoms with Gasteiger partial charge in [-0.1, -0.05) is 23.7 Å². The van der Waals surface area contributed by atoms with E-state index in [-0.39, 0.29) is 18.6 Å². The SMILES string of the molecule is O=C(CSCc1cccc(Cl)c1)N1CCCCC1CO. The number of likely N-dealkylation sites (tertiary alicyclic amines) is 1. The normalized spacial score (nSPS) is 19.1. The van der Waals surface area contributed by atoms with E-state index < -0.39 is 0 Å². The van der Waals surface area contributed by atoms with Gasteiger partial charge in [-0.15, -0.1) is 11.8 Å². The van der Waals surface area contributed by atoms with Gasteiger partial charge in [0.1, 0.15) is 0 Å². The number of carbonyl (C=O) groups excluding carboxylic acids is 1. The molecule has 0 bridgehead atoms. The molecule has 20 heavy (non-hydrogen) atoms. The summed E-state index contributed by atoms with van der Waals surface area (Å²) in [7, 11) is 0. The highest BCUT2D eigenvalue weighted by molar-refractivity contribution is 7.99. The van der Waals surface area contributed by atoms with E-state index in [1.165, 1.54) is 0 Å². The van der Waals surface area contributed by atoms with Crippen LogP contribution in [0.15, 0.2) is 24.3 Å². The third kappa shape index (κ3) is 4.40. The predicted molar refractivity (Wildman–Crippen MR) is 84.1 cm³/mol. The van der Waals surface area contributed by atoms with E-state index in [9.17, 15) is 9.90 Å². The standard InChI is InChI=1S/C15H20ClNO2S/c16-13-5-3-4-12(8-13)10-20-11-15(19)17-7-2-1-6-14(17)9-18/h3-5,8,14,18H,1-2,6-7,9-11H2. The zero-order valence-corrected chi connectivity index (χ0v) is 13.0. The number of aliphatic hydroxyl groups is 1. The predicted octanol–water partition coefficient (Wildman–Crippen LogP) is 2.95. The number of rotatable bonds is 5. The van der Waals surface area contributed by atoms with Crippen LogP contribution in [0.4, 0.5) is 0 Å². The molecule has 1 saturated heterocycles. The number of nitrogens with zero attached hydrogens (tertiary/aromatic N) is 1. The molecule has 0 aromatic heterocycles. The minimum Gasteiger partial charge on any atom is -0.394 e. The third-order valence-electron chi connectivity index (χ3n) is 3.54. The molecule has 1 atom stereocenters. The van der Waals surface area contributed by atoms with E-state index in [1.807, 2.05) is 29.2 Å². The molecule has 0 aliphatic carbocycles. The summed E-state index contributed by atoms with van der Waals surface area (Å²) in [6.07, 6.45) is 3.06. The number of aliphatic hydroxyl groups excluding tert-OH is 1. The Morgan fingerprint density at radius 3 is 3.05 bits per heavy atom. The van der Waals surface area contributed by atoms with E-state index in [0.29, 0.717) is 5.75 Å². The molecular formula is C15H20ClNO2S. The topological polar surface area (TPSA) is 40.5 Å². The van der Waals surface area contributed by atoms with E-state index >= 15 is 0 Å². The Bertz CT molecular complexity index is 455. The molecule has 1 aromatic carbocycles. The van der Waals surface area contributed by atoms with Crippen molar-refractivity contribution in [3.63, 3.8) is 0 Å². The fourth-order valence-electron chi connectivity index (χ4n) is 2.48. The summed E-state index contributed by atoms with van der Waals surface area (Å²) in [4.78, 5) is 14.0. The van der Waals surface area contributed by atoms with Crippen LogP contribution in [0.1, 0.15) is 24.8 Å². The third-order valence-corrected chi connectivity index (χ3v) is 4.77. The Morgan fingerprint density at radius 1 is 1.45 bits per heavy atom. The highest BCUT2D eigenvalue weighted by atomic mass is 35.5. The Morgan fingerprint density at radius 2 is 2.30 bits per heavy atom. The molecule has 2 rings (SSSR count). The van der Waals surface area contributed by atoms with Gasteiger partial charge >= 0.3 is 0 Å². The Balaban J connectivity index is 1.79. The smallest absolute Gasteiger partial charge is 0.232 e. The molecule has 110 valence electrons. The average Bonchev–Trinajstić information content (AvgIpc) is 2.47. The molecule has 0 radical (unpaired) electrons. The van der Waals surface area contributed by atoms with Crippen molar-refractivity contribution in [2.45, 2.75) is 31.1 Å². The molecule has 0 saturated carbocycles. The first-order valence-electron chi connectivity index (χ1n) is 6.93. The summed E-state index contributed by atoms with van der Waals surface area (Å²) in [6.45, 7) is 0.854. The fraction of sp³-hybridized carbons (Fsp3) is 0.533. The molecule has 1 heterocycles. The Kier molecular flexibility index (Phi) is 6.20. The zero-order valence-electron chi connectivity index (χ0n) is 11.4. The van der Waals surface area contributed by atoms with Crippen LogP contribution in [-0.2, 0) is 10.5 Å². The molecule has 1 aromatic rings. The summed E-state index contributed by atoms with van der Waals surface area (Å²) < 4.78 is 0. The lowest BCUT2D eigenvalue weighted by molar-refractivity contribution is -0.132. The van der Waals surface area contributed by atoms with Crippen molar-refractivity contribution in [2.75, 3.05) is 18.9 Å². The molecular weight excluding hydrogens is 294 g/mol. The minimum atomic E-state index is 0.0167. The van der Waals surface area contributed by atoms with Gasteiger partial charge in [0.05, 0.1) is 18.4 Å². The molecule has 1 N–H and O–H groups in total. The minimum absolute atomic E-state index is 0.0167. The second-order valence-electron chi connectivity index (χ2n) is 5.04. The van der Waals surface area contributed by atoms with Gasteiger partial charge in [0.2, 0.25) is 5.91 Å². The van der Waals surface area contributed by atoms with Gasteiger partial charge in [0.25, 0.3) is 0 Å². The second-order valence-corrected chi connectivity index (χ2v) is 6.46. The van der Waals surface area contributed by atoms with Crippen LogP contribution in [0, 0.1) is 0 Å². The van der Waals surface area contributed by atoms with Crippen LogP contribution in [0.2, 0.25) is 5.02 Å². The highest BCUT2D eigenvalue weighted by Crippen LogP contribution is 2.20. The van der Waals surface area contributed by atoms with Crippen LogP contribution in [0.25, 0.3) is 0 Å². The number of carbonyl (C=O) groups is 1. The largest absolute Gasteiger partial charge is 0.394 e. The Hall–Kier alpha value is -0.710. The van der Waals surface area contributed by atoms with Gasteiger partial charge < -0.3 is 10.0 Å². The number of benzene rings is 1. The van der Waals surface area contributed by atoms with Crippen LogP contribution >= 0.6 is 23.4 Å². The van der Waals surface area contributed by atoms with E-state index in [0.717, 1.165) is 42.1 Å². The molecule has 1 aliphatic heterocycles. The van der Waals surface area contributed by atoms with Crippen molar-refractivity contribution < 1.29 is 9.90 Å². The maximum absolute atomic E-state index is 12.2. The number of amides is 1. The van der Waals surface area contributed by atoms with E-state index in [4.69, 9.17) is 11.6 Å². The zero-order chi connectivity index (χ0) is 14.4. The maximum atomic E-state index is 12.2. The first-order chi connectivity index (χ1) is 9.70. The lowest BCUT2D eigenvalue weighted by Crippen LogP contribution is -2.46. The summed E-state index contributed by atoms with van der Waals surface area (Å²) >= 11 is 7.53. The molecule has 1 fully saturated rings. The average molecular weight is 314 g/mol. The van der Waals surface area contributed by atoms with Crippen molar-refractivity contribution in [1.82, 2.24) is 4.90 Å². The number of halogens is 1. The molecule has 0 spiro atoms. The number of hydrogen-bond acceptors (Lipinski definition) is 3. The van der Waals surface area contributed by atoms with Crippen molar-refractivity contribution in [1.29, 1.82) is 0 Å². The fourth-order valence-corrected chi connectivity index (χ4v) is 3.56. The molecule has 3 nitrogen and oxygen atoms in total. The van der Waals surface area contributed by atoms with Gasteiger partial charge in [-0.3, -0.25) is 4.79 Å². The Labute approximate surface area is 129 Å². The van der Waals surface area contributed by atoms with Crippen LogP contribution in [-0.4, -0.2) is 40.9 Å². The van der Waals surface area contributed by atoms with Gasteiger partial charge in [0.15, 0.2) is 0 Å². The number of piperidine rings is 1. The number of hydrogen-bond donors (Lipinski definition) is 1. The second kappa shape index (κ2) is 7.91.